The van der Waals surface area contributed by atoms with Crippen molar-refractivity contribution >= 4 is 17.7 Å². The Morgan fingerprint density at radius 1 is 1.27 bits per heavy atom. The third-order valence-electron chi connectivity index (χ3n) is 5.62. The Kier molecular flexibility index (Phi) is 7.33. The summed E-state index contributed by atoms with van der Waals surface area (Å²) in [5, 5.41) is 21.8. The lowest BCUT2D eigenvalue weighted by atomic mass is 9.93. The minimum absolute atomic E-state index is 0.0164. The van der Waals surface area contributed by atoms with Gasteiger partial charge in [0.1, 0.15) is 6.61 Å². The summed E-state index contributed by atoms with van der Waals surface area (Å²) in [7, 11) is 0. The molecule has 2 N–H and O–H groups in total. The zero-order valence-corrected chi connectivity index (χ0v) is 20.3. The molecule has 0 aliphatic carbocycles. The van der Waals surface area contributed by atoms with Crippen molar-refractivity contribution in [2.24, 2.45) is 0 Å². The van der Waals surface area contributed by atoms with Crippen LogP contribution in [0.4, 0.5) is 10.5 Å². The largest absolute Gasteiger partial charge is 0.487 e. The zero-order chi connectivity index (χ0) is 26.5. The number of para-hydroxylation sites is 1. The molecule has 190 valence electrons. The molecule has 37 heavy (non-hydrogen) atoms. The molecule has 0 saturated heterocycles. The standard InChI is InChI=1S/C26H25N5O6/c1-4-13-37-25(32)22-16(3)27-26(33)28-24(22)19-15-30(18-9-7-6-8-10-18)29-23(19)17-11-12-21(36-5-2)20(14-17)31(34)35/h4,6-12,14-15,24H,1,5,13H2,2-3H3,(H2,27,28,33). The minimum Gasteiger partial charge on any atom is -0.487 e. The van der Waals surface area contributed by atoms with Crippen LogP contribution in [0.5, 0.6) is 5.75 Å². The van der Waals surface area contributed by atoms with Gasteiger partial charge in [0.25, 0.3) is 0 Å². The Morgan fingerprint density at radius 3 is 2.70 bits per heavy atom. The highest BCUT2D eigenvalue weighted by molar-refractivity contribution is 5.95. The number of allylic oxidation sites excluding steroid dienone is 1. The van der Waals surface area contributed by atoms with Crippen molar-refractivity contribution in [1.82, 2.24) is 20.4 Å². The van der Waals surface area contributed by atoms with Crippen molar-refractivity contribution < 1.29 is 24.0 Å². The van der Waals surface area contributed by atoms with Crippen LogP contribution in [0.15, 0.2) is 78.7 Å². The maximum Gasteiger partial charge on any atom is 0.338 e. The number of aromatic nitrogens is 2. The maximum absolute atomic E-state index is 13.0. The summed E-state index contributed by atoms with van der Waals surface area (Å²) in [6, 6.07) is 12.3. The van der Waals surface area contributed by atoms with Crippen LogP contribution in [0.1, 0.15) is 25.5 Å². The molecule has 2 aromatic carbocycles. The van der Waals surface area contributed by atoms with E-state index in [0.717, 1.165) is 0 Å². The first-order valence-electron chi connectivity index (χ1n) is 11.5. The fourth-order valence-electron chi connectivity index (χ4n) is 4.03. The van der Waals surface area contributed by atoms with Crippen molar-refractivity contribution in [3.05, 3.63) is 94.3 Å². The van der Waals surface area contributed by atoms with E-state index in [4.69, 9.17) is 14.6 Å². The van der Waals surface area contributed by atoms with Gasteiger partial charge in [0.05, 0.1) is 34.5 Å². The predicted molar refractivity (Wildman–Crippen MR) is 135 cm³/mol. The van der Waals surface area contributed by atoms with Gasteiger partial charge in [-0.15, -0.1) is 0 Å². The van der Waals surface area contributed by atoms with E-state index in [1.807, 2.05) is 30.3 Å². The first kappa shape index (κ1) is 25.2. The number of amides is 2. The smallest absolute Gasteiger partial charge is 0.338 e. The van der Waals surface area contributed by atoms with Crippen LogP contribution in [0, 0.1) is 10.1 Å². The fourth-order valence-corrected chi connectivity index (χ4v) is 4.03. The molecule has 2 amide bonds. The van der Waals surface area contributed by atoms with E-state index in [0.29, 0.717) is 28.2 Å². The van der Waals surface area contributed by atoms with Gasteiger partial charge in [-0.2, -0.15) is 5.10 Å². The normalized spacial score (nSPS) is 15.0. The quantitative estimate of drug-likeness (QED) is 0.193. The molecule has 0 spiro atoms. The number of nitrogens with zero attached hydrogens (tertiary/aromatic N) is 3. The summed E-state index contributed by atoms with van der Waals surface area (Å²) < 4.78 is 12.3. The molecule has 0 radical (unpaired) electrons. The Balaban J connectivity index is 1.92. The van der Waals surface area contributed by atoms with Crippen LogP contribution in [0.2, 0.25) is 0 Å². The molecule has 2 heterocycles. The number of nitrogens with one attached hydrogen (secondary N) is 2. The van der Waals surface area contributed by atoms with E-state index < -0.39 is 23.0 Å². The topological polar surface area (TPSA) is 138 Å². The van der Waals surface area contributed by atoms with Gasteiger partial charge in [0.2, 0.25) is 0 Å². The molecule has 11 heteroatoms. The number of esters is 1. The van der Waals surface area contributed by atoms with Gasteiger partial charge < -0.3 is 20.1 Å². The lowest BCUT2D eigenvalue weighted by Gasteiger charge is -2.27. The Morgan fingerprint density at radius 2 is 2.03 bits per heavy atom. The maximum atomic E-state index is 13.0. The summed E-state index contributed by atoms with van der Waals surface area (Å²) in [5.74, 6) is -0.522. The molecule has 4 rings (SSSR count). The fraction of sp³-hybridized carbons (Fsp3) is 0.192. The molecule has 0 bridgehead atoms. The molecule has 1 aliphatic heterocycles. The number of rotatable bonds is 9. The predicted octanol–water partition coefficient (Wildman–Crippen LogP) is 4.20. The first-order valence-corrected chi connectivity index (χ1v) is 11.5. The van der Waals surface area contributed by atoms with Gasteiger partial charge in [0, 0.05) is 29.1 Å². The molecule has 0 saturated carbocycles. The Bertz CT molecular complexity index is 1400. The van der Waals surface area contributed by atoms with Crippen LogP contribution in [0.25, 0.3) is 16.9 Å². The number of hydrogen-bond donors (Lipinski definition) is 2. The van der Waals surface area contributed by atoms with Crippen LogP contribution in [0.3, 0.4) is 0 Å². The average molecular weight is 504 g/mol. The van der Waals surface area contributed by atoms with Crippen LogP contribution >= 0.6 is 0 Å². The summed E-state index contributed by atoms with van der Waals surface area (Å²) in [4.78, 5) is 36.7. The van der Waals surface area contributed by atoms with E-state index in [2.05, 4.69) is 17.2 Å². The third-order valence-corrected chi connectivity index (χ3v) is 5.62. The van der Waals surface area contributed by atoms with E-state index in [-0.39, 0.29) is 30.2 Å². The van der Waals surface area contributed by atoms with Gasteiger partial charge in [0.15, 0.2) is 5.75 Å². The molecule has 1 atom stereocenters. The SMILES string of the molecule is C=CCOC(=O)C1=C(C)NC(=O)NC1c1cn(-c2ccccc2)nc1-c1ccc(OCC)c([N+](=O)[O-])c1. The van der Waals surface area contributed by atoms with Crippen molar-refractivity contribution in [3.8, 4) is 22.7 Å². The molecular formula is C26H25N5O6. The number of carbonyl (C=O) groups excluding carboxylic acids is 2. The highest BCUT2D eigenvalue weighted by atomic mass is 16.6. The molecular weight excluding hydrogens is 478 g/mol. The number of nitro benzene ring substituents is 1. The Hall–Kier alpha value is -4.93. The lowest BCUT2D eigenvalue weighted by Crippen LogP contribution is -2.45. The monoisotopic (exact) mass is 503 g/mol. The zero-order valence-electron chi connectivity index (χ0n) is 20.3. The molecule has 11 nitrogen and oxygen atoms in total. The Labute approximate surface area is 212 Å². The highest BCUT2D eigenvalue weighted by Gasteiger charge is 2.35. The number of hydrogen-bond acceptors (Lipinski definition) is 7. The van der Waals surface area contributed by atoms with Crippen LogP contribution < -0.4 is 15.4 Å². The first-order chi connectivity index (χ1) is 17.8. The second-order valence-electron chi connectivity index (χ2n) is 8.04. The summed E-state index contributed by atoms with van der Waals surface area (Å²) in [6.07, 6.45) is 3.12. The number of nitro groups is 1. The summed E-state index contributed by atoms with van der Waals surface area (Å²) >= 11 is 0. The molecule has 1 unspecified atom stereocenters. The summed E-state index contributed by atoms with van der Waals surface area (Å²) in [6.45, 7) is 7.14. The second-order valence-corrected chi connectivity index (χ2v) is 8.04. The molecule has 1 aromatic heterocycles. The van der Waals surface area contributed by atoms with E-state index in [1.54, 1.807) is 30.8 Å². The van der Waals surface area contributed by atoms with Gasteiger partial charge in [-0.05, 0) is 38.1 Å². The third kappa shape index (κ3) is 5.20. The minimum atomic E-state index is -0.941. The van der Waals surface area contributed by atoms with Gasteiger partial charge in [-0.1, -0.05) is 30.9 Å². The highest BCUT2D eigenvalue weighted by Crippen LogP contribution is 2.38. The average Bonchev–Trinajstić information content (AvgIpc) is 3.33. The van der Waals surface area contributed by atoms with Crippen molar-refractivity contribution in [2.45, 2.75) is 19.9 Å². The van der Waals surface area contributed by atoms with Crippen molar-refractivity contribution in [3.63, 3.8) is 0 Å². The lowest BCUT2D eigenvalue weighted by molar-refractivity contribution is -0.385. The number of ether oxygens (including phenoxy) is 2. The van der Waals surface area contributed by atoms with Gasteiger partial charge in [-0.3, -0.25) is 10.1 Å². The van der Waals surface area contributed by atoms with Crippen LogP contribution in [-0.4, -0.2) is 39.9 Å². The van der Waals surface area contributed by atoms with Crippen LogP contribution in [-0.2, 0) is 9.53 Å². The van der Waals surface area contributed by atoms with E-state index in [1.165, 1.54) is 18.2 Å². The molecule has 1 aliphatic rings. The molecule has 3 aromatic rings. The summed E-state index contributed by atoms with van der Waals surface area (Å²) in [5.41, 5.74) is 2.17. The van der Waals surface area contributed by atoms with E-state index in [9.17, 15) is 19.7 Å². The number of urea groups is 1. The van der Waals surface area contributed by atoms with Gasteiger partial charge in [-0.25, -0.2) is 14.3 Å². The van der Waals surface area contributed by atoms with Crippen molar-refractivity contribution in [2.75, 3.05) is 13.2 Å². The van der Waals surface area contributed by atoms with E-state index >= 15 is 0 Å². The molecule has 0 fully saturated rings. The number of carbonyl (C=O) groups is 2. The number of benzene rings is 2. The second kappa shape index (κ2) is 10.8. The van der Waals surface area contributed by atoms with Crippen molar-refractivity contribution in [1.29, 1.82) is 0 Å². The van der Waals surface area contributed by atoms with Gasteiger partial charge >= 0.3 is 17.7 Å².